The summed E-state index contributed by atoms with van der Waals surface area (Å²) < 4.78 is 29.8. The second kappa shape index (κ2) is 12.0. The number of benzene rings is 3. The highest BCUT2D eigenvalue weighted by Crippen LogP contribution is 2.31. The van der Waals surface area contributed by atoms with Crippen LogP contribution in [-0.4, -0.2) is 83.1 Å². The highest BCUT2D eigenvalue weighted by Gasteiger charge is 2.23. The molecule has 1 N–H and O–H groups in total. The molecular formula is C29H34N4O5S. The van der Waals surface area contributed by atoms with Crippen molar-refractivity contribution in [1.29, 1.82) is 0 Å². The van der Waals surface area contributed by atoms with Gasteiger partial charge in [-0.25, -0.2) is 13.2 Å². The van der Waals surface area contributed by atoms with E-state index in [0.29, 0.717) is 43.0 Å². The van der Waals surface area contributed by atoms with Crippen LogP contribution in [0.4, 0.5) is 11.4 Å². The van der Waals surface area contributed by atoms with Crippen molar-refractivity contribution in [3.63, 3.8) is 0 Å². The van der Waals surface area contributed by atoms with Crippen molar-refractivity contribution in [2.24, 2.45) is 0 Å². The first-order valence-corrected chi connectivity index (χ1v) is 14.5. The number of nitrogens with one attached hydrogen (secondary N) is 1. The Morgan fingerprint density at radius 3 is 2.08 bits per heavy atom. The van der Waals surface area contributed by atoms with E-state index in [9.17, 15) is 18.0 Å². The van der Waals surface area contributed by atoms with E-state index in [-0.39, 0.29) is 5.91 Å². The van der Waals surface area contributed by atoms with Gasteiger partial charge >= 0.3 is 5.97 Å². The largest absolute Gasteiger partial charge is 0.465 e. The predicted molar refractivity (Wildman–Crippen MR) is 154 cm³/mol. The fraction of sp³-hybridized carbons (Fsp3) is 0.310. The summed E-state index contributed by atoms with van der Waals surface area (Å²) in [7, 11) is 2.08. The second-order valence-electron chi connectivity index (χ2n) is 9.78. The quantitative estimate of drug-likeness (QED) is 0.429. The van der Waals surface area contributed by atoms with Crippen molar-refractivity contribution >= 4 is 33.3 Å². The van der Waals surface area contributed by atoms with E-state index >= 15 is 0 Å². The van der Waals surface area contributed by atoms with E-state index in [4.69, 9.17) is 4.74 Å². The van der Waals surface area contributed by atoms with Crippen LogP contribution in [0.5, 0.6) is 0 Å². The van der Waals surface area contributed by atoms with Crippen LogP contribution in [0, 0.1) is 0 Å². The van der Waals surface area contributed by atoms with Crippen molar-refractivity contribution in [1.82, 2.24) is 9.21 Å². The molecule has 0 unspecified atom stereocenters. The number of hydrogen-bond acceptors (Lipinski definition) is 7. The fourth-order valence-corrected chi connectivity index (χ4v) is 5.40. The Balaban J connectivity index is 1.39. The normalized spacial score (nSPS) is 14.6. The molecule has 0 bridgehead atoms. The first-order chi connectivity index (χ1) is 18.5. The topological polar surface area (TPSA) is 99.3 Å². The molecule has 9 nitrogen and oxygen atoms in total. The molecule has 1 fully saturated rings. The van der Waals surface area contributed by atoms with Gasteiger partial charge in [0.15, 0.2) is 0 Å². The van der Waals surface area contributed by atoms with Crippen molar-refractivity contribution in [3.8, 4) is 11.1 Å². The van der Waals surface area contributed by atoms with Gasteiger partial charge in [0, 0.05) is 69.3 Å². The number of anilines is 2. The first-order valence-electron chi connectivity index (χ1n) is 12.6. The fourth-order valence-electron chi connectivity index (χ4n) is 4.58. The highest BCUT2D eigenvalue weighted by atomic mass is 32.2. The lowest BCUT2D eigenvalue weighted by Crippen LogP contribution is -2.47. The Morgan fingerprint density at radius 2 is 1.51 bits per heavy atom. The lowest BCUT2D eigenvalue weighted by Gasteiger charge is -2.33. The number of hydrogen-bond donors (Lipinski definition) is 1. The van der Waals surface area contributed by atoms with E-state index in [1.165, 1.54) is 17.7 Å². The van der Waals surface area contributed by atoms with Crippen molar-refractivity contribution in [2.45, 2.75) is 6.54 Å². The number of amides is 1. The molecule has 0 radical (unpaired) electrons. The van der Waals surface area contributed by atoms with Crippen LogP contribution in [0.1, 0.15) is 26.3 Å². The highest BCUT2D eigenvalue weighted by molar-refractivity contribution is 7.88. The summed E-state index contributed by atoms with van der Waals surface area (Å²) >= 11 is 0. The minimum atomic E-state index is -3.14. The molecule has 1 heterocycles. The average Bonchev–Trinajstić information content (AvgIpc) is 2.93. The van der Waals surface area contributed by atoms with Crippen LogP contribution < -0.4 is 10.2 Å². The molecule has 206 valence electrons. The maximum Gasteiger partial charge on any atom is 0.337 e. The minimum absolute atomic E-state index is 0.220. The Bertz CT molecular complexity index is 1430. The van der Waals surface area contributed by atoms with Gasteiger partial charge in [-0.2, -0.15) is 4.31 Å². The molecule has 3 aromatic carbocycles. The minimum Gasteiger partial charge on any atom is -0.465 e. The monoisotopic (exact) mass is 550 g/mol. The van der Waals surface area contributed by atoms with Gasteiger partial charge in [0.1, 0.15) is 0 Å². The molecule has 0 atom stereocenters. The van der Waals surface area contributed by atoms with Crippen molar-refractivity contribution in [3.05, 3.63) is 83.4 Å². The summed E-state index contributed by atoms with van der Waals surface area (Å²) in [6.45, 7) is 3.09. The summed E-state index contributed by atoms with van der Waals surface area (Å²) in [5.74, 6) is -0.625. The van der Waals surface area contributed by atoms with Crippen molar-refractivity contribution < 1.29 is 22.7 Å². The molecule has 0 saturated carbocycles. The van der Waals surface area contributed by atoms with Crippen molar-refractivity contribution in [2.75, 3.05) is 63.9 Å². The molecule has 1 aliphatic heterocycles. The van der Waals surface area contributed by atoms with Crippen LogP contribution in [0.25, 0.3) is 11.1 Å². The van der Waals surface area contributed by atoms with Gasteiger partial charge in [0.25, 0.3) is 5.91 Å². The zero-order chi connectivity index (χ0) is 28.2. The molecular weight excluding hydrogens is 516 g/mol. The summed E-state index contributed by atoms with van der Waals surface area (Å²) in [5, 5.41) is 2.94. The zero-order valence-electron chi connectivity index (χ0n) is 22.7. The van der Waals surface area contributed by atoms with Gasteiger partial charge in [0.05, 0.1) is 18.9 Å². The molecule has 1 aliphatic rings. The number of methoxy groups -OCH3 is 1. The Morgan fingerprint density at radius 1 is 0.897 bits per heavy atom. The van der Waals surface area contributed by atoms with E-state index in [2.05, 4.69) is 10.2 Å². The summed E-state index contributed by atoms with van der Waals surface area (Å²) in [6, 6.07) is 20.3. The number of carbonyl (C=O) groups is 2. The molecule has 3 aromatic rings. The first kappa shape index (κ1) is 28.3. The number of piperazine rings is 1. The van der Waals surface area contributed by atoms with Crippen LogP contribution in [0.2, 0.25) is 0 Å². The molecule has 0 aliphatic carbocycles. The summed E-state index contributed by atoms with van der Waals surface area (Å²) in [6.07, 6.45) is 1.25. The van der Waals surface area contributed by atoms with Gasteiger partial charge in [-0.05, 0) is 53.6 Å². The molecule has 1 saturated heterocycles. The zero-order valence-corrected chi connectivity index (χ0v) is 23.5. The number of ether oxygens (including phenoxy) is 1. The standard InChI is InChI=1S/C29H34N4O5S/c1-31(2)27-14-11-24(29(35)38-3)19-26(27)22-7-9-23(10-8-22)28(34)30-25-12-5-21(6-13-25)20-32-15-17-33(18-16-32)39(4,36)37/h5-14,19H,15-18,20H2,1-4H3,(H,30,34). The number of nitrogens with zero attached hydrogens (tertiary/aromatic N) is 3. The number of esters is 1. The van der Waals surface area contributed by atoms with Gasteiger partial charge in [-0.1, -0.05) is 24.3 Å². The van der Waals surface area contributed by atoms with Crippen LogP contribution in [0.15, 0.2) is 66.7 Å². The maximum atomic E-state index is 12.9. The van der Waals surface area contributed by atoms with Gasteiger partial charge in [-0.15, -0.1) is 0 Å². The van der Waals surface area contributed by atoms with E-state index in [0.717, 1.165) is 28.9 Å². The average molecular weight is 551 g/mol. The molecule has 39 heavy (non-hydrogen) atoms. The Hall–Kier alpha value is -3.73. The molecule has 4 rings (SSSR count). The predicted octanol–water partition coefficient (Wildman–Crippen LogP) is 3.54. The maximum absolute atomic E-state index is 12.9. The molecule has 10 heteroatoms. The smallest absolute Gasteiger partial charge is 0.337 e. The van der Waals surface area contributed by atoms with Gasteiger partial charge in [0.2, 0.25) is 10.0 Å². The van der Waals surface area contributed by atoms with Crippen LogP contribution >= 0.6 is 0 Å². The number of sulfonamides is 1. The molecule has 0 spiro atoms. The molecule has 0 aromatic heterocycles. The number of rotatable bonds is 8. The summed E-state index contributed by atoms with van der Waals surface area (Å²) in [5.41, 5.74) is 5.44. The van der Waals surface area contributed by atoms with Crippen LogP contribution in [-0.2, 0) is 21.3 Å². The second-order valence-corrected chi connectivity index (χ2v) is 11.8. The van der Waals surface area contributed by atoms with E-state index in [1.54, 1.807) is 24.3 Å². The third-order valence-corrected chi connectivity index (χ3v) is 8.08. The Labute approximate surface area is 230 Å². The third-order valence-electron chi connectivity index (χ3n) is 6.78. The number of carbonyl (C=O) groups excluding carboxylic acids is 2. The Kier molecular flexibility index (Phi) is 8.69. The van der Waals surface area contributed by atoms with Gasteiger partial charge < -0.3 is 15.0 Å². The third kappa shape index (κ3) is 7.03. The summed E-state index contributed by atoms with van der Waals surface area (Å²) in [4.78, 5) is 29.1. The lowest BCUT2D eigenvalue weighted by molar-refractivity contribution is 0.0600. The SMILES string of the molecule is COC(=O)c1ccc(N(C)C)c(-c2ccc(C(=O)Nc3ccc(CN4CCN(S(C)(=O)=O)CC4)cc3)cc2)c1. The lowest BCUT2D eigenvalue weighted by atomic mass is 9.99. The van der Waals surface area contributed by atoms with E-state index in [1.807, 2.05) is 61.5 Å². The van der Waals surface area contributed by atoms with Gasteiger partial charge in [-0.3, -0.25) is 9.69 Å². The van der Waals surface area contributed by atoms with E-state index < -0.39 is 16.0 Å². The van der Waals surface area contributed by atoms with Crippen LogP contribution in [0.3, 0.4) is 0 Å². The molecule has 1 amide bonds.